The van der Waals surface area contributed by atoms with Crippen LogP contribution in [0.25, 0.3) is 0 Å². The molecule has 138 valence electrons. The molecule has 0 atom stereocenters. The van der Waals surface area contributed by atoms with Crippen molar-refractivity contribution in [3.05, 3.63) is 0 Å². The van der Waals surface area contributed by atoms with Gasteiger partial charge in [-0.1, -0.05) is 0 Å². The first kappa shape index (κ1) is 30.4. The Labute approximate surface area is 149 Å². The second kappa shape index (κ2) is 13.9. The van der Waals surface area contributed by atoms with Crippen molar-refractivity contribution >= 4 is 11.8 Å². The molecule has 0 aliphatic carbocycles. The second-order valence-corrected chi connectivity index (χ2v) is 6.89. The number of carboxylic acid groups (broad SMARTS) is 1. The van der Waals surface area contributed by atoms with Gasteiger partial charge in [0, 0.05) is 0 Å². The number of Topliss-reactive ketones (excluding diaryl/α,β-unsaturated/α-hetero) is 1. The Kier molecular flexibility index (Phi) is 18.3. The zero-order valence-corrected chi connectivity index (χ0v) is 16.9. The van der Waals surface area contributed by atoms with E-state index in [9.17, 15) is 9.59 Å². The van der Waals surface area contributed by atoms with Crippen LogP contribution in [0.3, 0.4) is 0 Å². The molecule has 23 heavy (non-hydrogen) atoms. The number of carbonyl (C=O) groups is 2. The summed E-state index contributed by atoms with van der Waals surface area (Å²) >= 11 is 0.750. The average molecular weight is 374 g/mol. The molecule has 0 saturated heterocycles. The van der Waals surface area contributed by atoms with E-state index in [-0.39, 0.29) is 5.78 Å². The van der Waals surface area contributed by atoms with Crippen molar-refractivity contribution in [2.45, 2.75) is 73.5 Å². The van der Waals surface area contributed by atoms with E-state index in [0.717, 1.165) is 20.4 Å². The van der Waals surface area contributed by atoms with Crippen molar-refractivity contribution in [3.63, 3.8) is 0 Å². The van der Waals surface area contributed by atoms with Gasteiger partial charge < -0.3 is 5.11 Å². The van der Waals surface area contributed by atoms with Crippen molar-refractivity contribution in [1.82, 2.24) is 0 Å². The molecule has 0 saturated carbocycles. The third-order valence-corrected chi connectivity index (χ3v) is 1.96. The molecule has 8 nitrogen and oxygen atoms in total. The summed E-state index contributed by atoms with van der Waals surface area (Å²) < 4.78 is 8.25. The van der Waals surface area contributed by atoms with E-state index in [0.29, 0.717) is 0 Å². The molecule has 0 unspecified atom stereocenters. The standard InChI is InChI=1S/C6H10O3.2C4H10O2.O.Ti/c1-4(7)6(2,3)5(8)9;2*1-4(2,3)6-5;;/h1-3H3,(H,8,9);2*5H,1-3H3;;. The van der Waals surface area contributed by atoms with Gasteiger partial charge in [0.1, 0.15) is 11.2 Å². The third kappa shape index (κ3) is 26.7. The van der Waals surface area contributed by atoms with E-state index >= 15 is 0 Å². The predicted octanol–water partition coefficient (Wildman–Crippen LogP) is 3.11. The summed E-state index contributed by atoms with van der Waals surface area (Å²) in [6.07, 6.45) is 0. The molecule has 3 N–H and O–H groups in total. The molecule has 0 aliphatic rings. The first-order valence-electron chi connectivity index (χ1n) is 6.61. The molecule has 9 heteroatoms. The Hall–Kier alpha value is -0.506. The molecule has 0 bridgehead atoms. The van der Waals surface area contributed by atoms with E-state index in [2.05, 4.69) is 9.78 Å². The van der Waals surface area contributed by atoms with Crippen molar-refractivity contribution in [2.75, 3.05) is 0 Å². The monoisotopic (exact) mass is 374 g/mol. The van der Waals surface area contributed by atoms with Gasteiger partial charge in [0.05, 0.1) is 11.2 Å². The zero-order chi connectivity index (χ0) is 20.1. The summed E-state index contributed by atoms with van der Waals surface area (Å²) in [7, 11) is 0. The molecule has 0 aromatic heterocycles. The molecule has 0 radical (unpaired) electrons. The number of carboxylic acids is 1. The molecule has 0 spiro atoms. The fraction of sp³-hybridized carbons (Fsp3) is 0.857. The van der Waals surface area contributed by atoms with E-state index in [1.807, 2.05) is 0 Å². The number of ketones is 1. The average Bonchev–Trinajstić information content (AvgIpc) is 2.40. The normalized spacial score (nSPS) is 10.7. The predicted molar refractivity (Wildman–Crippen MR) is 79.7 cm³/mol. The third-order valence-electron chi connectivity index (χ3n) is 1.96. The first-order valence-corrected chi connectivity index (χ1v) is 7.25. The number of rotatable bonds is 2. The Morgan fingerprint density at radius 2 is 0.957 bits per heavy atom. The van der Waals surface area contributed by atoms with Crippen LogP contribution in [-0.2, 0) is 43.1 Å². The minimum absolute atomic E-state index is 0.324. The molecule has 0 aromatic carbocycles. The fourth-order valence-corrected chi connectivity index (χ4v) is 0.151. The summed E-state index contributed by atoms with van der Waals surface area (Å²) in [5, 5.41) is 24.2. The van der Waals surface area contributed by atoms with Gasteiger partial charge in [0.25, 0.3) is 0 Å². The molecule has 0 aliphatic heterocycles. The van der Waals surface area contributed by atoms with Crippen molar-refractivity contribution < 1.29 is 58.7 Å². The minimum atomic E-state index is -1.22. The van der Waals surface area contributed by atoms with Gasteiger partial charge in [-0.25, -0.2) is 9.78 Å². The molecule has 0 fully saturated rings. The molecular formula is C14H30O8Ti. The van der Waals surface area contributed by atoms with Gasteiger partial charge >= 0.3 is 29.7 Å². The summed E-state index contributed by atoms with van der Waals surface area (Å²) in [4.78, 5) is 28.6. The maximum absolute atomic E-state index is 10.5. The van der Waals surface area contributed by atoms with Crippen LogP contribution in [0.2, 0.25) is 0 Å². The van der Waals surface area contributed by atoms with Gasteiger partial charge in [-0.05, 0) is 62.3 Å². The van der Waals surface area contributed by atoms with E-state index in [1.165, 1.54) is 20.8 Å². The van der Waals surface area contributed by atoms with Crippen LogP contribution >= 0.6 is 0 Å². The second-order valence-electron chi connectivity index (χ2n) is 6.89. The summed E-state index contributed by atoms with van der Waals surface area (Å²) in [6, 6.07) is 0. The first-order chi connectivity index (χ1) is 10.0. The van der Waals surface area contributed by atoms with Crippen LogP contribution in [0.5, 0.6) is 0 Å². The van der Waals surface area contributed by atoms with Gasteiger partial charge in [0.2, 0.25) is 0 Å². The van der Waals surface area contributed by atoms with Crippen LogP contribution in [0.1, 0.15) is 62.3 Å². The van der Waals surface area contributed by atoms with E-state index in [4.69, 9.17) is 18.9 Å². The SMILES string of the molecule is CC(=O)C(C)(C)C(=O)O.CC(C)(C)OO.CC(C)(C)OO.[O]=[Ti]. The molecular weight excluding hydrogens is 344 g/mol. The van der Waals surface area contributed by atoms with Crippen LogP contribution in [0, 0.1) is 5.41 Å². The summed E-state index contributed by atoms with van der Waals surface area (Å²) in [5.41, 5.74) is -2.03. The summed E-state index contributed by atoms with van der Waals surface area (Å²) in [5.74, 6) is -1.40. The number of carbonyl (C=O) groups excluding carboxylic acids is 1. The van der Waals surface area contributed by atoms with E-state index < -0.39 is 22.6 Å². The zero-order valence-electron chi connectivity index (χ0n) is 15.4. The van der Waals surface area contributed by atoms with Crippen molar-refractivity contribution in [3.8, 4) is 0 Å². The number of aliphatic carboxylic acids is 1. The topological polar surface area (TPSA) is 130 Å². The maximum atomic E-state index is 10.5. The Morgan fingerprint density at radius 1 is 0.783 bits per heavy atom. The number of hydrogen-bond acceptors (Lipinski definition) is 7. The summed E-state index contributed by atoms with van der Waals surface area (Å²) in [6.45, 7) is 14.7. The Bertz CT molecular complexity index is 299. The molecule has 0 amide bonds. The Balaban J connectivity index is -0.000000115. The van der Waals surface area contributed by atoms with Crippen LogP contribution < -0.4 is 0 Å². The van der Waals surface area contributed by atoms with Gasteiger partial charge in [0.15, 0.2) is 0 Å². The van der Waals surface area contributed by atoms with Crippen molar-refractivity contribution in [2.24, 2.45) is 5.41 Å². The van der Waals surface area contributed by atoms with Crippen molar-refractivity contribution in [1.29, 1.82) is 0 Å². The Morgan fingerprint density at radius 3 is 0.957 bits per heavy atom. The molecule has 0 aromatic rings. The van der Waals surface area contributed by atoms with E-state index in [1.54, 1.807) is 41.5 Å². The van der Waals surface area contributed by atoms with Crippen LogP contribution in [0.15, 0.2) is 0 Å². The van der Waals surface area contributed by atoms with Gasteiger partial charge in [-0.2, -0.15) is 0 Å². The number of hydrogen-bond donors (Lipinski definition) is 3. The fourth-order valence-electron chi connectivity index (χ4n) is 0.151. The van der Waals surface area contributed by atoms with Gasteiger partial charge in [-0.3, -0.25) is 20.1 Å². The van der Waals surface area contributed by atoms with Crippen LogP contribution in [0.4, 0.5) is 0 Å². The van der Waals surface area contributed by atoms with Gasteiger partial charge in [-0.15, -0.1) is 0 Å². The molecule has 0 heterocycles. The molecule has 0 rings (SSSR count). The van der Waals surface area contributed by atoms with Crippen LogP contribution in [-0.4, -0.2) is 38.6 Å². The quantitative estimate of drug-likeness (QED) is 0.291.